The van der Waals surface area contributed by atoms with Crippen LogP contribution in [0.1, 0.15) is 52.4 Å². The third-order valence-corrected chi connectivity index (χ3v) is 5.84. The first-order valence-corrected chi connectivity index (χ1v) is 9.49. The molecular weight excluding hydrogens is 252 g/mol. The van der Waals surface area contributed by atoms with Gasteiger partial charge in [0.05, 0.1) is 0 Å². The fourth-order valence-electron chi connectivity index (χ4n) is 3.67. The maximum absolute atomic E-state index is 3.99. The summed E-state index contributed by atoms with van der Waals surface area (Å²) in [6.07, 6.45) is 10.7. The fourth-order valence-corrected chi connectivity index (χ4v) is 4.62. The topological polar surface area (TPSA) is 15.3 Å². The number of thioether (sulfide) groups is 1. The number of nitrogens with one attached hydrogen (secondary N) is 1. The van der Waals surface area contributed by atoms with E-state index in [9.17, 15) is 0 Å². The third kappa shape index (κ3) is 4.95. The molecule has 19 heavy (non-hydrogen) atoms. The summed E-state index contributed by atoms with van der Waals surface area (Å²) in [4.78, 5) is 2.65. The van der Waals surface area contributed by atoms with Gasteiger partial charge in [-0.3, -0.25) is 0 Å². The Morgan fingerprint density at radius 3 is 2.42 bits per heavy atom. The second-order valence-electron chi connectivity index (χ2n) is 6.80. The van der Waals surface area contributed by atoms with Crippen molar-refractivity contribution in [2.75, 3.05) is 25.9 Å². The Morgan fingerprint density at radius 1 is 1.11 bits per heavy atom. The van der Waals surface area contributed by atoms with Gasteiger partial charge in [0.25, 0.3) is 0 Å². The molecule has 0 amide bonds. The van der Waals surface area contributed by atoms with Gasteiger partial charge in [0.2, 0.25) is 0 Å². The molecule has 0 aromatic carbocycles. The van der Waals surface area contributed by atoms with Crippen molar-refractivity contribution in [3.05, 3.63) is 0 Å². The second kappa shape index (κ2) is 7.90. The number of nitrogens with zero attached hydrogens (tertiary/aromatic N) is 1. The number of rotatable bonds is 5. The van der Waals surface area contributed by atoms with Crippen molar-refractivity contribution in [2.45, 2.75) is 69.7 Å². The lowest BCUT2D eigenvalue weighted by Gasteiger charge is -2.38. The van der Waals surface area contributed by atoms with E-state index in [-0.39, 0.29) is 0 Å². The summed E-state index contributed by atoms with van der Waals surface area (Å²) in [5.41, 5.74) is 0. The van der Waals surface area contributed by atoms with Crippen LogP contribution in [0.2, 0.25) is 0 Å². The molecule has 1 heterocycles. The van der Waals surface area contributed by atoms with E-state index >= 15 is 0 Å². The third-order valence-electron chi connectivity index (χ3n) is 4.67. The molecular formula is C16H32N2S. The lowest BCUT2D eigenvalue weighted by molar-refractivity contribution is 0.170. The Balaban J connectivity index is 1.72. The van der Waals surface area contributed by atoms with Crippen molar-refractivity contribution in [3.63, 3.8) is 0 Å². The Hall–Kier alpha value is 0.270. The van der Waals surface area contributed by atoms with Crippen LogP contribution in [-0.4, -0.2) is 48.1 Å². The minimum atomic E-state index is 0.779. The molecule has 1 aliphatic heterocycles. The average Bonchev–Trinajstić information content (AvgIpc) is 2.41. The normalized spacial score (nSPS) is 30.9. The van der Waals surface area contributed by atoms with Crippen LogP contribution in [0.3, 0.4) is 0 Å². The van der Waals surface area contributed by atoms with E-state index < -0.39 is 0 Å². The summed E-state index contributed by atoms with van der Waals surface area (Å²) in [5.74, 6) is 0.809. The largest absolute Gasteiger partial charge is 0.310 e. The molecule has 0 aromatic rings. The zero-order valence-electron chi connectivity index (χ0n) is 13.0. The fraction of sp³-hybridized carbons (Fsp3) is 1.00. The molecule has 0 aromatic heterocycles. The highest BCUT2D eigenvalue weighted by atomic mass is 32.2. The first kappa shape index (κ1) is 15.7. The van der Waals surface area contributed by atoms with Gasteiger partial charge in [-0.15, -0.1) is 0 Å². The van der Waals surface area contributed by atoms with Crippen LogP contribution < -0.4 is 5.32 Å². The van der Waals surface area contributed by atoms with E-state index in [1.165, 1.54) is 58.2 Å². The Labute approximate surface area is 124 Å². The molecule has 2 aliphatic rings. The molecule has 2 atom stereocenters. The molecule has 1 saturated carbocycles. The maximum Gasteiger partial charge on any atom is 0.0198 e. The Morgan fingerprint density at radius 2 is 1.79 bits per heavy atom. The molecule has 2 unspecified atom stereocenters. The van der Waals surface area contributed by atoms with Gasteiger partial charge >= 0.3 is 0 Å². The summed E-state index contributed by atoms with van der Waals surface area (Å²) in [6, 6.07) is 1.56. The van der Waals surface area contributed by atoms with Gasteiger partial charge in [0.1, 0.15) is 0 Å². The highest BCUT2D eigenvalue weighted by Crippen LogP contribution is 2.28. The van der Waals surface area contributed by atoms with Crippen LogP contribution in [0.5, 0.6) is 0 Å². The summed E-state index contributed by atoms with van der Waals surface area (Å²) in [7, 11) is 0. The van der Waals surface area contributed by atoms with Crippen LogP contribution in [0.4, 0.5) is 0 Å². The highest BCUT2D eigenvalue weighted by Gasteiger charge is 2.28. The molecule has 2 fully saturated rings. The van der Waals surface area contributed by atoms with E-state index in [1.54, 1.807) is 0 Å². The van der Waals surface area contributed by atoms with E-state index in [0.29, 0.717) is 0 Å². The van der Waals surface area contributed by atoms with Crippen LogP contribution in [0.25, 0.3) is 0 Å². The van der Waals surface area contributed by atoms with Gasteiger partial charge in [-0.1, -0.05) is 26.7 Å². The SMILES string of the molecule is CSC1CCCCC1NC1CCN(CC(C)C)CC1. The van der Waals surface area contributed by atoms with Crippen LogP contribution in [0.15, 0.2) is 0 Å². The van der Waals surface area contributed by atoms with Crippen LogP contribution in [-0.2, 0) is 0 Å². The van der Waals surface area contributed by atoms with E-state index in [2.05, 4.69) is 42.1 Å². The summed E-state index contributed by atoms with van der Waals surface area (Å²) < 4.78 is 0. The number of hydrogen-bond donors (Lipinski definition) is 1. The van der Waals surface area contributed by atoms with Crippen LogP contribution in [0, 0.1) is 5.92 Å². The quantitative estimate of drug-likeness (QED) is 0.833. The lowest BCUT2D eigenvalue weighted by Crippen LogP contribution is -2.50. The van der Waals surface area contributed by atoms with Gasteiger partial charge in [-0.2, -0.15) is 11.8 Å². The molecule has 0 radical (unpaired) electrons. The molecule has 1 N–H and O–H groups in total. The molecule has 0 spiro atoms. The van der Waals surface area contributed by atoms with Crippen molar-refractivity contribution >= 4 is 11.8 Å². The second-order valence-corrected chi connectivity index (χ2v) is 7.88. The van der Waals surface area contributed by atoms with E-state index in [0.717, 1.165) is 23.3 Å². The van der Waals surface area contributed by atoms with Gasteiger partial charge in [-0.05, 0) is 50.9 Å². The zero-order chi connectivity index (χ0) is 13.7. The molecule has 2 nitrogen and oxygen atoms in total. The van der Waals surface area contributed by atoms with Crippen molar-refractivity contribution < 1.29 is 0 Å². The smallest absolute Gasteiger partial charge is 0.0198 e. The van der Waals surface area contributed by atoms with Crippen molar-refractivity contribution in [2.24, 2.45) is 5.92 Å². The van der Waals surface area contributed by atoms with Crippen molar-refractivity contribution in [1.82, 2.24) is 10.2 Å². The minimum Gasteiger partial charge on any atom is -0.310 e. The summed E-state index contributed by atoms with van der Waals surface area (Å²) in [6.45, 7) is 8.54. The predicted molar refractivity (Wildman–Crippen MR) is 87.0 cm³/mol. The predicted octanol–water partition coefficient (Wildman–Crippen LogP) is 3.37. The first-order chi connectivity index (χ1) is 9.19. The molecule has 0 bridgehead atoms. The van der Waals surface area contributed by atoms with Crippen LogP contribution >= 0.6 is 11.8 Å². The van der Waals surface area contributed by atoms with Gasteiger partial charge in [0, 0.05) is 23.9 Å². The lowest BCUT2D eigenvalue weighted by atomic mass is 9.93. The van der Waals surface area contributed by atoms with Gasteiger partial charge < -0.3 is 10.2 Å². The average molecular weight is 285 g/mol. The Bertz CT molecular complexity index is 249. The van der Waals surface area contributed by atoms with Gasteiger partial charge in [-0.25, -0.2) is 0 Å². The standard InChI is InChI=1S/C16H32N2S/c1-13(2)12-18-10-8-14(9-11-18)17-15-6-4-5-7-16(15)19-3/h13-17H,4-12H2,1-3H3. The van der Waals surface area contributed by atoms with E-state index in [4.69, 9.17) is 0 Å². The van der Waals surface area contributed by atoms with Crippen molar-refractivity contribution in [1.29, 1.82) is 0 Å². The summed E-state index contributed by atoms with van der Waals surface area (Å²) in [5, 5.41) is 4.85. The highest BCUT2D eigenvalue weighted by molar-refractivity contribution is 7.99. The minimum absolute atomic E-state index is 0.779. The Kier molecular flexibility index (Phi) is 6.51. The maximum atomic E-state index is 3.99. The molecule has 1 aliphatic carbocycles. The first-order valence-electron chi connectivity index (χ1n) is 8.20. The zero-order valence-corrected chi connectivity index (χ0v) is 13.8. The van der Waals surface area contributed by atoms with Gasteiger partial charge in [0.15, 0.2) is 0 Å². The van der Waals surface area contributed by atoms with Crippen molar-refractivity contribution in [3.8, 4) is 0 Å². The van der Waals surface area contributed by atoms with E-state index in [1.807, 2.05) is 0 Å². The summed E-state index contributed by atoms with van der Waals surface area (Å²) >= 11 is 2.08. The monoisotopic (exact) mass is 284 g/mol. The molecule has 3 heteroatoms. The number of hydrogen-bond acceptors (Lipinski definition) is 3. The molecule has 2 rings (SSSR count). The number of piperidine rings is 1. The molecule has 1 saturated heterocycles. The molecule has 112 valence electrons. The number of likely N-dealkylation sites (tertiary alicyclic amines) is 1.